The molecule has 0 spiro atoms. The summed E-state index contributed by atoms with van der Waals surface area (Å²) in [6.07, 6.45) is 103. The molecule has 0 aromatic rings. The Hall–Kier alpha value is -2.03. The molecule has 0 radical (unpaired) electrons. The van der Waals surface area contributed by atoms with Crippen LogP contribution in [-0.2, 0) is 32.7 Å². The number of nitrogens with two attached hydrogens (primary N) is 1. The van der Waals surface area contributed by atoms with Gasteiger partial charge in [0.1, 0.15) is 6.61 Å². The normalized spacial score (nSPS) is 13.0. The average molecular weight is 1330 g/mol. The van der Waals surface area contributed by atoms with Gasteiger partial charge < -0.3 is 20.1 Å². The Morgan fingerprint density at radius 1 is 0.333 bits per heavy atom. The van der Waals surface area contributed by atoms with Crippen LogP contribution in [0, 0.1) is 0 Å². The minimum atomic E-state index is -4.39. The topological polar surface area (TPSA) is 134 Å². The van der Waals surface area contributed by atoms with Gasteiger partial charge in [-0.1, -0.05) is 422 Å². The summed E-state index contributed by atoms with van der Waals surface area (Å²) in [5.74, 6) is -0.799. The van der Waals surface area contributed by atoms with E-state index in [0.717, 1.165) is 57.8 Å². The van der Waals surface area contributed by atoms with E-state index in [-0.39, 0.29) is 38.6 Å². The van der Waals surface area contributed by atoms with Gasteiger partial charge in [0.05, 0.1) is 13.2 Å². The van der Waals surface area contributed by atoms with Gasteiger partial charge >= 0.3 is 19.8 Å². The number of carbonyl (C=O) groups excluding carboxylic acids is 2. The van der Waals surface area contributed by atoms with Crippen LogP contribution >= 0.6 is 7.82 Å². The van der Waals surface area contributed by atoms with Crippen LogP contribution in [0.3, 0.4) is 0 Å². The lowest BCUT2D eigenvalue weighted by molar-refractivity contribution is -0.161. The van der Waals surface area contributed by atoms with Crippen molar-refractivity contribution in [2.24, 2.45) is 5.73 Å². The first-order chi connectivity index (χ1) is 45.8. The summed E-state index contributed by atoms with van der Waals surface area (Å²) >= 11 is 0. The number of unbranched alkanes of at least 4 members (excludes halogenated alkanes) is 58. The van der Waals surface area contributed by atoms with E-state index in [9.17, 15) is 19.0 Å². The van der Waals surface area contributed by atoms with Gasteiger partial charge in [0.2, 0.25) is 0 Å². The van der Waals surface area contributed by atoms with Crippen LogP contribution in [0.4, 0.5) is 0 Å². The average Bonchev–Trinajstić information content (AvgIpc) is 3.04. The van der Waals surface area contributed by atoms with Crippen LogP contribution in [0.2, 0.25) is 0 Å². The van der Waals surface area contributed by atoms with Crippen LogP contribution in [0.15, 0.2) is 48.6 Å². The van der Waals surface area contributed by atoms with Gasteiger partial charge in [-0.25, -0.2) is 4.57 Å². The first-order valence-corrected chi connectivity index (χ1v) is 42.6. The standard InChI is InChI=1S/C83H158NO8P/c1-3-5-7-9-11-13-15-17-19-21-23-25-27-29-31-33-35-37-39-40-42-44-46-48-50-52-54-56-58-60-62-64-66-68-70-72-74-76-83(86)92-81(80-91-93(87,88)90-78-77-84)79-89-82(85)75-73-71-69-67-65-63-61-59-57-55-53-51-49-47-45-43-41-38-36-34-32-30-28-26-24-22-20-18-16-14-12-10-8-6-4-2/h5,7,11,13,17,19,23,25,81H,3-4,6,8-10,12,14-16,18,20-22,24,26-80,84H2,1-2H3,(H,87,88)/b7-5-,13-11-,19-17-,25-23-. The smallest absolute Gasteiger partial charge is 0.462 e. The summed E-state index contributed by atoms with van der Waals surface area (Å²) in [5, 5.41) is 0. The largest absolute Gasteiger partial charge is 0.472 e. The lowest BCUT2D eigenvalue weighted by Crippen LogP contribution is -2.29. The zero-order valence-electron chi connectivity index (χ0n) is 62.0. The summed E-state index contributed by atoms with van der Waals surface area (Å²) in [6, 6.07) is 0. The number of ether oxygens (including phenoxy) is 2. The molecule has 93 heavy (non-hydrogen) atoms. The third-order valence-corrected chi connectivity index (χ3v) is 19.7. The van der Waals surface area contributed by atoms with Gasteiger partial charge in [0, 0.05) is 19.4 Å². The van der Waals surface area contributed by atoms with Gasteiger partial charge in [-0.05, 0) is 51.4 Å². The maximum absolute atomic E-state index is 12.8. The molecule has 2 unspecified atom stereocenters. The molecule has 2 atom stereocenters. The van der Waals surface area contributed by atoms with Gasteiger partial charge in [-0.2, -0.15) is 0 Å². The van der Waals surface area contributed by atoms with Crippen molar-refractivity contribution in [1.82, 2.24) is 0 Å². The van der Waals surface area contributed by atoms with E-state index in [1.807, 2.05) is 0 Å². The fraction of sp³-hybridized carbons (Fsp3) is 0.880. The SMILES string of the molecule is CC/C=C\C/C=C\C/C=C\C/C=C\CCCCCCCCCCCCCCCCCCCCCCCCCCC(=O)OC(COC(=O)CCCCCCCCCCCCCCCCCCCCCCCCCCCCCCCCCCCCC)COP(=O)(O)OCCN. The highest BCUT2D eigenvalue weighted by atomic mass is 31.2. The van der Waals surface area contributed by atoms with Crippen molar-refractivity contribution in [3.63, 3.8) is 0 Å². The second kappa shape index (κ2) is 79.0. The summed E-state index contributed by atoms with van der Waals surface area (Å²) in [6.45, 7) is 3.72. The number of phosphoric acid groups is 1. The fourth-order valence-electron chi connectivity index (χ4n) is 12.7. The summed E-state index contributed by atoms with van der Waals surface area (Å²) in [7, 11) is -4.39. The fourth-order valence-corrected chi connectivity index (χ4v) is 13.5. The molecule has 0 rings (SSSR count). The third kappa shape index (κ3) is 78.8. The highest BCUT2D eigenvalue weighted by Gasteiger charge is 2.26. The molecule has 548 valence electrons. The highest BCUT2D eigenvalue weighted by molar-refractivity contribution is 7.47. The molecule has 0 aliphatic heterocycles. The Morgan fingerprint density at radius 3 is 0.882 bits per heavy atom. The zero-order chi connectivity index (χ0) is 67.2. The van der Waals surface area contributed by atoms with Crippen molar-refractivity contribution < 1.29 is 37.6 Å². The number of hydrogen-bond acceptors (Lipinski definition) is 8. The minimum absolute atomic E-state index is 0.0566. The van der Waals surface area contributed by atoms with E-state index in [1.165, 1.54) is 347 Å². The van der Waals surface area contributed by atoms with Crippen LogP contribution in [-0.4, -0.2) is 49.3 Å². The number of rotatable bonds is 79. The van der Waals surface area contributed by atoms with Crippen molar-refractivity contribution in [1.29, 1.82) is 0 Å². The molecule has 0 aliphatic rings. The van der Waals surface area contributed by atoms with Crippen LogP contribution in [0.1, 0.15) is 438 Å². The predicted octanol–water partition coefficient (Wildman–Crippen LogP) is 27.5. The Morgan fingerprint density at radius 2 is 0.591 bits per heavy atom. The Bertz CT molecular complexity index is 1670. The molecule has 0 aliphatic carbocycles. The molecule has 0 saturated carbocycles. The molecular formula is C83H158NO8P. The van der Waals surface area contributed by atoms with E-state index in [4.69, 9.17) is 24.3 Å². The van der Waals surface area contributed by atoms with Crippen molar-refractivity contribution >= 4 is 19.8 Å². The quantitative estimate of drug-likeness (QED) is 0.0264. The molecular weight excluding hydrogens is 1170 g/mol. The molecule has 0 aromatic carbocycles. The highest BCUT2D eigenvalue weighted by Crippen LogP contribution is 2.43. The van der Waals surface area contributed by atoms with E-state index in [0.29, 0.717) is 6.42 Å². The van der Waals surface area contributed by atoms with Crippen molar-refractivity contribution in [2.75, 3.05) is 26.4 Å². The van der Waals surface area contributed by atoms with E-state index in [1.54, 1.807) is 0 Å². The number of phosphoric ester groups is 1. The number of carbonyl (C=O) groups is 2. The molecule has 0 amide bonds. The Kier molecular flexibility index (Phi) is 77.2. The second-order valence-electron chi connectivity index (χ2n) is 28.0. The van der Waals surface area contributed by atoms with E-state index < -0.39 is 26.5 Å². The van der Waals surface area contributed by atoms with Crippen LogP contribution in [0.25, 0.3) is 0 Å². The minimum Gasteiger partial charge on any atom is -0.462 e. The summed E-state index contributed by atoms with van der Waals surface area (Å²) in [5.41, 5.74) is 5.42. The molecule has 10 heteroatoms. The predicted molar refractivity (Wildman–Crippen MR) is 404 cm³/mol. The van der Waals surface area contributed by atoms with Crippen LogP contribution < -0.4 is 5.73 Å². The van der Waals surface area contributed by atoms with Gasteiger partial charge in [0.25, 0.3) is 0 Å². The maximum atomic E-state index is 12.8. The van der Waals surface area contributed by atoms with Gasteiger partial charge in [-0.15, -0.1) is 0 Å². The molecule has 0 saturated heterocycles. The van der Waals surface area contributed by atoms with Crippen molar-refractivity contribution in [3.8, 4) is 0 Å². The lowest BCUT2D eigenvalue weighted by Gasteiger charge is -2.19. The lowest BCUT2D eigenvalue weighted by atomic mass is 10.0. The number of hydrogen-bond donors (Lipinski definition) is 2. The van der Waals surface area contributed by atoms with Gasteiger partial charge in [-0.3, -0.25) is 18.6 Å². The molecule has 0 bridgehead atoms. The molecule has 0 fully saturated rings. The van der Waals surface area contributed by atoms with Crippen molar-refractivity contribution in [3.05, 3.63) is 48.6 Å². The maximum Gasteiger partial charge on any atom is 0.472 e. The first-order valence-electron chi connectivity index (χ1n) is 41.1. The van der Waals surface area contributed by atoms with Crippen LogP contribution in [0.5, 0.6) is 0 Å². The first kappa shape index (κ1) is 91.0. The Labute approximate surface area is 578 Å². The number of esters is 2. The molecule has 0 aromatic heterocycles. The van der Waals surface area contributed by atoms with E-state index in [2.05, 4.69) is 62.5 Å². The third-order valence-electron chi connectivity index (χ3n) is 18.7. The molecule has 3 N–H and O–H groups in total. The zero-order valence-corrected chi connectivity index (χ0v) is 62.9. The Balaban J connectivity index is 3.73. The monoisotopic (exact) mass is 1330 g/mol. The van der Waals surface area contributed by atoms with E-state index >= 15 is 0 Å². The summed E-state index contributed by atoms with van der Waals surface area (Å²) < 4.78 is 33.3. The van der Waals surface area contributed by atoms with Gasteiger partial charge in [0.15, 0.2) is 6.10 Å². The number of allylic oxidation sites excluding steroid dienone is 8. The van der Waals surface area contributed by atoms with Crippen molar-refractivity contribution in [2.45, 2.75) is 444 Å². The molecule has 9 nitrogen and oxygen atoms in total. The molecule has 0 heterocycles. The second-order valence-corrected chi connectivity index (χ2v) is 29.4. The summed E-state index contributed by atoms with van der Waals surface area (Å²) in [4.78, 5) is 35.5.